The molecule has 3 aromatic heterocycles. The lowest BCUT2D eigenvalue weighted by molar-refractivity contribution is 0.0975. The lowest BCUT2D eigenvalue weighted by atomic mass is 10.2. The summed E-state index contributed by atoms with van der Waals surface area (Å²) in [4.78, 5) is 23.9. The van der Waals surface area contributed by atoms with Crippen molar-refractivity contribution in [3.05, 3.63) is 66.2 Å². The Balaban J connectivity index is 1.77. The number of hydrogen-bond donors (Lipinski definition) is 0. The molecule has 0 radical (unpaired) electrons. The van der Waals surface area contributed by atoms with Gasteiger partial charge in [-0.3, -0.25) is 19.4 Å². The van der Waals surface area contributed by atoms with Crippen LogP contribution in [0.5, 0.6) is 5.75 Å². The molecule has 0 aliphatic heterocycles. The van der Waals surface area contributed by atoms with Crippen molar-refractivity contribution in [2.24, 2.45) is 0 Å². The van der Waals surface area contributed by atoms with E-state index in [0.717, 1.165) is 21.5 Å². The van der Waals surface area contributed by atoms with Crippen molar-refractivity contribution in [1.82, 2.24) is 19.7 Å². The molecule has 0 fully saturated rings. The normalized spacial score (nSPS) is 10.9. The summed E-state index contributed by atoms with van der Waals surface area (Å²) < 4.78 is 7.97. The molecule has 4 aromatic rings. The molecule has 0 atom stereocenters. The number of methoxy groups -OCH3 is 1. The van der Waals surface area contributed by atoms with Gasteiger partial charge in [-0.05, 0) is 36.8 Å². The first kappa shape index (κ1) is 18.1. The number of aromatic nitrogens is 4. The van der Waals surface area contributed by atoms with Gasteiger partial charge < -0.3 is 4.74 Å². The number of fused-ring (bicyclic) bond motifs is 1. The molecule has 7 nitrogen and oxygen atoms in total. The number of nitrogens with zero attached hydrogens (tertiary/aromatic N) is 5. The minimum Gasteiger partial charge on any atom is -0.497 e. The third-order valence-corrected chi connectivity index (χ3v) is 5.42. The monoisotopic (exact) mass is 393 g/mol. The molecule has 4 rings (SSSR count). The maximum absolute atomic E-state index is 13.4. The standard InChI is InChI=1S/C20H19N5O2S/c1-3-25-17(8-10-22-25)19(26)24(13-14-5-4-9-21-12-14)20-23-16-11-15(27-2)6-7-18(16)28-20/h4-12H,3,13H2,1-2H3. The molecule has 1 amide bonds. The van der Waals surface area contributed by atoms with Gasteiger partial charge in [-0.15, -0.1) is 0 Å². The first-order valence-electron chi connectivity index (χ1n) is 8.86. The van der Waals surface area contributed by atoms with E-state index in [1.807, 2.05) is 37.3 Å². The summed E-state index contributed by atoms with van der Waals surface area (Å²) in [5.74, 6) is 0.591. The Morgan fingerprint density at radius 2 is 2.14 bits per heavy atom. The molecule has 142 valence electrons. The van der Waals surface area contributed by atoms with Crippen LogP contribution in [0.3, 0.4) is 0 Å². The Morgan fingerprint density at radius 3 is 2.89 bits per heavy atom. The summed E-state index contributed by atoms with van der Waals surface area (Å²) in [7, 11) is 1.62. The fourth-order valence-corrected chi connectivity index (χ4v) is 3.89. The molecule has 0 saturated carbocycles. The third kappa shape index (κ3) is 3.46. The van der Waals surface area contributed by atoms with Crippen LogP contribution in [-0.4, -0.2) is 32.8 Å². The van der Waals surface area contributed by atoms with Gasteiger partial charge in [-0.25, -0.2) is 4.98 Å². The minimum absolute atomic E-state index is 0.144. The molecule has 8 heteroatoms. The van der Waals surface area contributed by atoms with Crippen molar-refractivity contribution in [2.45, 2.75) is 20.0 Å². The Morgan fingerprint density at radius 1 is 1.25 bits per heavy atom. The summed E-state index contributed by atoms with van der Waals surface area (Å²) in [5.41, 5.74) is 2.26. The summed E-state index contributed by atoms with van der Waals surface area (Å²) in [6, 6.07) is 11.3. The summed E-state index contributed by atoms with van der Waals surface area (Å²) in [5, 5.41) is 4.85. The van der Waals surface area contributed by atoms with Gasteiger partial charge in [0, 0.05) is 31.2 Å². The number of aryl methyl sites for hydroxylation is 1. The maximum atomic E-state index is 13.4. The van der Waals surface area contributed by atoms with Gasteiger partial charge in [-0.1, -0.05) is 17.4 Å². The molecule has 0 spiro atoms. The molecule has 1 aromatic carbocycles. The van der Waals surface area contributed by atoms with Crippen LogP contribution >= 0.6 is 11.3 Å². The van der Waals surface area contributed by atoms with E-state index in [9.17, 15) is 4.79 Å². The van der Waals surface area contributed by atoms with E-state index < -0.39 is 0 Å². The number of ether oxygens (including phenoxy) is 1. The third-order valence-electron chi connectivity index (χ3n) is 4.36. The fourth-order valence-electron chi connectivity index (χ4n) is 2.94. The van der Waals surface area contributed by atoms with E-state index in [4.69, 9.17) is 9.72 Å². The molecule has 0 saturated heterocycles. The number of amides is 1. The second kappa shape index (κ2) is 7.77. The molecular weight excluding hydrogens is 374 g/mol. The largest absolute Gasteiger partial charge is 0.497 e. The number of rotatable bonds is 6. The van der Waals surface area contributed by atoms with Gasteiger partial charge in [0.05, 0.1) is 23.9 Å². The van der Waals surface area contributed by atoms with Crippen LogP contribution in [-0.2, 0) is 13.1 Å². The van der Waals surface area contributed by atoms with E-state index in [-0.39, 0.29) is 5.91 Å². The van der Waals surface area contributed by atoms with Crippen LogP contribution in [0.15, 0.2) is 55.0 Å². The smallest absolute Gasteiger partial charge is 0.278 e. The minimum atomic E-state index is -0.144. The van der Waals surface area contributed by atoms with Crippen molar-refractivity contribution in [2.75, 3.05) is 12.0 Å². The lowest BCUT2D eigenvalue weighted by Gasteiger charge is -2.20. The lowest BCUT2D eigenvalue weighted by Crippen LogP contribution is -2.32. The summed E-state index contributed by atoms with van der Waals surface area (Å²) >= 11 is 1.47. The molecule has 0 aliphatic rings. The highest BCUT2D eigenvalue weighted by atomic mass is 32.1. The van der Waals surface area contributed by atoms with Crippen LogP contribution in [0.4, 0.5) is 5.13 Å². The fraction of sp³-hybridized carbons (Fsp3) is 0.200. The number of thiazole rings is 1. The van der Waals surface area contributed by atoms with Crippen LogP contribution in [0.25, 0.3) is 10.2 Å². The van der Waals surface area contributed by atoms with Gasteiger partial charge >= 0.3 is 0 Å². The van der Waals surface area contributed by atoms with Crippen molar-refractivity contribution in [1.29, 1.82) is 0 Å². The zero-order chi connectivity index (χ0) is 19.5. The van der Waals surface area contributed by atoms with Crippen molar-refractivity contribution in [3.63, 3.8) is 0 Å². The quantitative estimate of drug-likeness (QED) is 0.499. The van der Waals surface area contributed by atoms with Crippen LogP contribution in [0.1, 0.15) is 23.0 Å². The number of carbonyl (C=O) groups excluding carboxylic acids is 1. The second-order valence-electron chi connectivity index (χ2n) is 6.11. The Kier molecular flexibility index (Phi) is 5.03. The topological polar surface area (TPSA) is 73.1 Å². The van der Waals surface area contributed by atoms with Crippen LogP contribution in [0.2, 0.25) is 0 Å². The van der Waals surface area contributed by atoms with Gasteiger partial charge in [0.25, 0.3) is 5.91 Å². The maximum Gasteiger partial charge on any atom is 0.278 e. The van der Waals surface area contributed by atoms with Crippen molar-refractivity contribution in [3.8, 4) is 5.75 Å². The predicted molar refractivity (Wildman–Crippen MR) is 109 cm³/mol. The first-order valence-corrected chi connectivity index (χ1v) is 9.68. The van der Waals surface area contributed by atoms with E-state index in [1.54, 1.807) is 41.3 Å². The van der Waals surface area contributed by atoms with E-state index in [2.05, 4.69) is 10.1 Å². The van der Waals surface area contributed by atoms with Gasteiger partial charge in [-0.2, -0.15) is 5.10 Å². The Hall–Kier alpha value is -3.26. The van der Waals surface area contributed by atoms with Crippen molar-refractivity contribution >= 4 is 32.6 Å². The highest BCUT2D eigenvalue weighted by Gasteiger charge is 2.24. The molecule has 0 aliphatic carbocycles. The van der Waals surface area contributed by atoms with Crippen molar-refractivity contribution < 1.29 is 9.53 Å². The van der Waals surface area contributed by atoms with E-state index in [1.165, 1.54) is 11.3 Å². The van der Waals surface area contributed by atoms with Gasteiger partial charge in [0.1, 0.15) is 11.4 Å². The number of anilines is 1. The average Bonchev–Trinajstić information content (AvgIpc) is 3.38. The van der Waals surface area contributed by atoms with Crippen LogP contribution in [0, 0.1) is 0 Å². The zero-order valence-electron chi connectivity index (χ0n) is 15.6. The molecule has 0 N–H and O–H groups in total. The predicted octanol–water partition coefficient (Wildman–Crippen LogP) is 3.76. The SMILES string of the molecule is CCn1nccc1C(=O)N(Cc1cccnc1)c1nc2cc(OC)ccc2s1. The molecular formula is C20H19N5O2S. The Labute approximate surface area is 166 Å². The van der Waals surface area contributed by atoms with E-state index >= 15 is 0 Å². The van der Waals surface area contributed by atoms with Crippen LogP contribution < -0.4 is 9.64 Å². The second-order valence-corrected chi connectivity index (χ2v) is 7.12. The number of benzene rings is 1. The van der Waals surface area contributed by atoms with Gasteiger partial charge in [0.2, 0.25) is 0 Å². The van der Waals surface area contributed by atoms with E-state index in [0.29, 0.717) is 23.9 Å². The molecule has 28 heavy (non-hydrogen) atoms. The number of pyridine rings is 1. The molecule has 3 heterocycles. The molecule has 0 bridgehead atoms. The Bertz CT molecular complexity index is 1110. The number of carbonyl (C=O) groups is 1. The first-order chi connectivity index (χ1) is 13.7. The number of hydrogen-bond acceptors (Lipinski definition) is 6. The summed E-state index contributed by atoms with van der Waals surface area (Å²) in [6.07, 6.45) is 5.11. The van der Waals surface area contributed by atoms with Gasteiger partial charge in [0.15, 0.2) is 5.13 Å². The zero-order valence-corrected chi connectivity index (χ0v) is 16.4. The highest BCUT2D eigenvalue weighted by molar-refractivity contribution is 7.22. The summed E-state index contributed by atoms with van der Waals surface area (Å²) in [6.45, 7) is 2.95. The highest BCUT2D eigenvalue weighted by Crippen LogP contribution is 2.32. The molecule has 0 unspecified atom stereocenters. The average molecular weight is 393 g/mol.